The fourth-order valence-electron chi connectivity index (χ4n) is 1.54. The Morgan fingerprint density at radius 3 is 2.50 bits per heavy atom. The summed E-state index contributed by atoms with van der Waals surface area (Å²) in [5.74, 6) is 1.80. The minimum Gasteiger partial charge on any atom is -0.493 e. The van der Waals surface area contributed by atoms with Crippen molar-refractivity contribution in [2.24, 2.45) is 5.92 Å². The van der Waals surface area contributed by atoms with Crippen molar-refractivity contribution in [3.63, 3.8) is 0 Å². The summed E-state index contributed by atoms with van der Waals surface area (Å²) in [7, 11) is 0. The van der Waals surface area contributed by atoms with E-state index in [9.17, 15) is 0 Å². The summed E-state index contributed by atoms with van der Waals surface area (Å²) in [5, 5.41) is 0.678. The molecule has 0 bridgehead atoms. The predicted octanol–water partition coefficient (Wildman–Crippen LogP) is 4.89. The maximum atomic E-state index is 6.05. The Morgan fingerprint density at radius 1 is 1.25 bits per heavy atom. The van der Waals surface area contributed by atoms with Crippen LogP contribution in [0.2, 0.25) is 5.02 Å². The molecule has 16 heavy (non-hydrogen) atoms. The maximum Gasteiger partial charge on any atom is 0.125 e. The SMILES string of the molecule is CCC(CC)COc1cccc(Cl)c1CCl. The quantitative estimate of drug-likeness (QED) is 0.662. The Kier molecular flexibility index (Phi) is 6.00. The molecule has 0 aliphatic carbocycles. The first-order chi connectivity index (χ1) is 7.72. The summed E-state index contributed by atoms with van der Waals surface area (Å²) in [4.78, 5) is 0. The number of hydrogen-bond acceptors (Lipinski definition) is 1. The summed E-state index contributed by atoms with van der Waals surface area (Å²) in [6.07, 6.45) is 2.26. The molecule has 1 aromatic rings. The molecule has 3 heteroatoms. The molecular weight excluding hydrogens is 243 g/mol. The molecule has 0 N–H and O–H groups in total. The van der Waals surface area contributed by atoms with Crippen molar-refractivity contribution < 1.29 is 4.74 Å². The average Bonchev–Trinajstić information content (AvgIpc) is 2.30. The first kappa shape index (κ1) is 13.7. The van der Waals surface area contributed by atoms with Gasteiger partial charge in [-0.2, -0.15) is 0 Å². The molecule has 0 saturated carbocycles. The molecule has 0 heterocycles. The van der Waals surface area contributed by atoms with Crippen LogP contribution in [0.4, 0.5) is 0 Å². The van der Waals surface area contributed by atoms with Gasteiger partial charge in [0.2, 0.25) is 0 Å². The molecule has 1 nitrogen and oxygen atoms in total. The van der Waals surface area contributed by atoms with Crippen LogP contribution in [0.15, 0.2) is 18.2 Å². The van der Waals surface area contributed by atoms with Crippen molar-refractivity contribution in [1.82, 2.24) is 0 Å². The van der Waals surface area contributed by atoms with Gasteiger partial charge >= 0.3 is 0 Å². The van der Waals surface area contributed by atoms with Crippen LogP contribution in [0.5, 0.6) is 5.75 Å². The molecule has 1 aromatic carbocycles. The summed E-state index contributed by atoms with van der Waals surface area (Å²) in [6, 6.07) is 5.65. The van der Waals surface area contributed by atoms with Gasteiger partial charge in [-0.05, 0) is 18.1 Å². The summed E-state index contributed by atoms with van der Waals surface area (Å²) < 4.78 is 5.78. The van der Waals surface area contributed by atoms with Gasteiger partial charge in [-0.3, -0.25) is 0 Å². The summed E-state index contributed by atoms with van der Waals surface area (Å²) >= 11 is 11.9. The van der Waals surface area contributed by atoms with E-state index in [2.05, 4.69) is 13.8 Å². The van der Waals surface area contributed by atoms with Gasteiger partial charge < -0.3 is 4.74 Å². The summed E-state index contributed by atoms with van der Waals surface area (Å²) in [6.45, 7) is 5.09. The van der Waals surface area contributed by atoms with Crippen LogP contribution in [0.25, 0.3) is 0 Å². The van der Waals surface area contributed by atoms with Crippen LogP contribution in [-0.4, -0.2) is 6.61 Å². The molecule has 0 radical (unpaired) electrons. The van der Waals surface area contributed by atoms with Crippen molar-refractivity contribution in [3.8, 4) is 5.75 Å². The van der Waals surface area contributed by atoms with Gasteiger partial charge in [0.15, 0.2) is 0 Å². The highest BCUT2D eigenvalue weighted by atomic mass is 35.5. The number of halogens is 2. The first-order valence-corrected chi connectivity index (χ1v) is 6.60. The molecule has 1 rings (SSSR count). The van der Waals surface area contributed by atoms with Gasteiger partial charge in [0.25, 0.3) is 0 Å². The van der Waals surface area contributed by atoms with E-state index in [1.807, 2.05) is 18.2 Å². The van der Waals surface area contributed by atoms with Crippen LogP contribution in [-0.2, 0) is 5.88 Å². The van der Waals surface area contributed by atoms with Crippen molar-refractivity contribution in [1.29, 1.82) is 0 Å². The molecular formula is C13H18Cl2O. The zero-order valence-corrected chi connectivity index (χ0v) is 11.3. The average molecular weight is 261 g/mol. The second kappa shape index (κ2) is 7.03. The third-order valence-corrected chi connectivity index (χ3v) is 3.46. The third-order valence-electron chi connectivity index (χ3n) is 2.84. The van der Waals surface area contributed by atoms with Gasteiger partial charge in [-0.1, -0.05) is 44.4 Å². The Labute approximate surface area is 108 Å². The largest absolute Gasteiger partial charge is 0.493 e. The minimum atomic E-state index is 0.387. The fraction of sp³-hybridized carbons (Fsp3) is 0.538. The number of ether oxygens (including phenoxy) is 1. The Balaban J connectivity index is 2.69. The molecule has 0 aliphatic rings. The van der Waals surface area contributed by atoms with Crippen molar-refractivity contribution >= 4 is 23.2 Å². The minimum absolute atomic E-state index is 0.387. The highest BCUT2D eigenvalue weighted by Gasteiger charge is 2.09. The monoisotopic (exact) mass is 260 g/mol. The van der Waals surface area contributed by atoms with E-state index in [0.29, 0.717) is 16.8 Å². The lowest BCUT2D eigenvalue weighted by atomic mass is 10.1. The highest BCUT2D eigenvalue weighted by Crippen LogP contribution is 2.28. The number of benzene rings is 1. The van der Waals surface area contributed by atoms with Crippen molar-refractivity contribution in [3.05, 3.63) is 28.8 Å². The van der Waals surface area contributed by atoms with Crippen LogP contribution >= 0.6 is 23.2 Å². The fourth-order valence-corrected chi connectivity index (χ4v) is 2.11. The predicted molar refractivity (Wildman–Crippen MR) is 70.6 cm³/mol. The molecule has 0 fully saturated rings. The standard InChI is InChI=1S/C13H18Cl2O/c1-3-10(4-2)9-16-13-7-5-6-12(15)11(13)8-14/h5-7,10H,3-4,8-9H2,1-2H3. The lowest BCUT2D eigenvalue weighted by Crippen LogP contribution is -2.10. The van der Waals surface area contributed by atoms with Crippen LogP contribution in [0, 0.1) is 5.92 Å². The van der Waals surface area contributed by atoms with E-state index in [4.69, 9.17) is 27.9 Å². The first-order valence-electron chi connectivity index (χ1n) is 5.69. The van der Waals surface area contributed by atoms with Crippen LogP contribution in [0.3, 0.4) is 0 Å². The molecule has 0 atom stereocenters. The lowest BCUT2D eigenvalue weighted by molar-refractivity contribution is 0.239. The second-order valence-electron chi connectivity index (χ2n) is 3.84. The van der Waals surface area contributed by atoms with Crippen molar-refractivity contribution in [2.45, 2.75) is 32.6 Å². The number of hydrogen-bond donors (Lipinski definition) is 0. The topological polar surface area (TPSA) is 9.23 Å². The molecule has 0 spiro atoms. The number of rotatable bonds is 6. The molecule has 0 aliphatic heterocycles. The molecule has 0 saturated heterocycles. The van der Waals surface area contributed by atoms with Gasteiger partial charge in [0, 0.05) is 10.6 Å². The Hall–Kier alpha value is -0.400. The van der Waals surface area contributed by atoms with Crippen LogP contribution in [0.1, 0.15) is 32.3 Å². The third kappa shape index (κ3) is 3.57. The molecule has 0 amide bonds. The van der Waals surface area contributed by atoms with Gasteiger partial charge in [-0.25, -0.2) is 0 Å². The molecule has 90 valence electrons. The maximum absolute atomic E-state index is 6.05. The van der Waals surface area contributed by atoms with E-state index in [0.717, 1.165) is 30.8 Å². The van der Waals surface area contributed by atoms with Crippen molar-refractivity contribution in [2.75, 3.05) is 6.61 Å². The highest BCUT2D eigenvalue weighted by molar-refractivity contribution is 6.32. The van der Waals surface area contributed by atoms with Gasteiger partial charge in [0.1, 0.15) is 5.75 Å². The van der Waals surface area contributed by atoms with E-state index in [-0.39, 0.29) is 0 Å². The second-order valence-corrected chi connectivity index (χ2v) is 4.52. The van der Waals surface area contributed by atoms with Gasteiger partial charge in [-0.15, -0.1) is 11.6 Å². The Morgan fingerprint density at radius 2 is 1.94 bits per heavy atom. The van der Waals surface area contributed by atoms with E-state index in [1.54, 1.807) is 0 Å². The smallest absolute Gasteiger partial charge is 0.125 e. The molecule has 0 aromatic heterocycles. The molecule has 0 unspecified atom stereocenters. The van der Waals surface area contributed by atoms with E-state index >= 15 is 0 Å². The zero-order valence-electron chi connectivity index (χ0n) is 9.80. The van der Waals surface area contributed by atoms with E-state index in [1.165, 1.54) is 0 Å². The lowest BCUT2D eigenvalue weighted by Gasteiger charge is -2.16. The normalized spacial score (nSPS) is 10.8. The Bertz CT molecular complexity index is 322. The summed E-state index contributed by atoms with van der Waals surface area (Å²) in [5.41, 5.74) is 0.886. The van der Waals surface area contributed by atoms with Gasteiger partial charge in [0.05, 0.1) is 12.5 Å². The number of alkyl halides is 1. The van der Waals surface area contributed by atoms with Crippen LogP contribution < -0.4 is 4.74 Å². The zero-order chi connectivity index (χ0) is 12.0. The van der Waals surface area contributed by atoms with E-state index < -0.39 is 0 Å².